The molecule has 0 fully saturated rings. The lowest BCUT2D eigenvalue weighted by Gasteiger charge is -2.08. The van der Waals surface area contributed by atoms with Crippen LogP contribution < -0.4 is 4.74 Å². The van der Waals surface area contributed by atoms with E-state index in [9.17, 15) is 4.79 Å². The van der Waals surface area contributed by atoms with Crippen LogP contribution in [0.1, 0.15) is 22.8 Å². The van der Waals surface area contributed by atoms with Gasteiger partial charge in [0.25, 0.3) is 0 Å². The molecule has 0 radical (unpaired) electrons. The van der Waals surface area contributed by atoms with Crippen LogP contribution in [0, 0.1) is 0 Å². The van der Waals surface area contributed by atoms with E-state index in [0.29, 0.717) is 20.8 Å². The molecule has 0 atom stereocenters. The van der Waals surface area contributed by atoms with E-state index in [4.69, 9.17) is 49.5 Å². The number of H-pyrrole nitrogens is 2. The molecule has 4 aromatic carbocycles. The van der Waals surface area contributed by atoms with Crippen LogP contribution in [0.5, 0.6) is 5.75 Å². The van der Waals surface area contributed by atoms with Crippen molar-refractivity contribution in [2.75, 3.05) is 0 Å². The van der Waals surface area contributed by atoms with E-state index in [1.807, 2.05) is 109 Å². The Morgan fingerprint density at radius 1 is 0.464 bits per heavy atom. The Morgan fingerprint density at radius 2 is 0.750 bits per heavy atom. The van der Waals surface area contributed by atoms with Crippen LogP contribution >= 0.6 is 34.8 Å². The molecule has 9 rings (SSSR count). The number of fused-ring (bicyclic) bond motifs is 8. The monoisotopic (exact) mass is 786 g/mol. The highest BCUT2D eigenvalue weighted by Crippen LogP contribution is 2.39. The lowest BCUT2D eigenvalue weighted by Crippen LogP contribution is -2.02. The summed E-state index contributed by atoms with van der Waals surface area (Å²) in [6, 6.07) is 38.9. The van der Waals surface area contributed by atoms with Crippen molar-refractivity contribution in [2.45, 2.75) is 0 Å². The average Bonchev–Trinajstić information content (AvgIpc) is 4.05. The number of aromatic nitrogens is 4. The molecule has 270 valence electrons. The molecular formula is C47H29Cl3N4O2. The first-order valence-electron chi connectivity index (χ1n) is 17.7. The van der Waals surface area contributed by atoms with Crippen molar-refractivity contribution in [1.29, 1.82) is 0 Å². The smallest absolute Gasteiger partial charge is 0.335 e. The topological polar surface area (TPSA) is 83.7 Å². The Bertz CT molecular complexity index is 2880. The Hall–Kier alpha value is -6.44. The summed E-state index contributed by atoms with van der Waals surface area (Å²) in [6.07, 6.45) is 9.28. The van der Waals surface area contributed by atoms with E-state index in [0.717, 1.165) is 95.4 Å². The van der Waals surface area contributed by atoms with Crippen LogP contribution in [0.2, 0.25) is 15.1 Å². The van der Waals surface area contributed by atoms with E-state index in [1.165, 1.54) is 0 Å². The van der Waals surface area contributed by atoms with Gasteiger partial charge in [0.15, 0.2) is 0 Å². The van der Waals surface area contributed by atoms with Gasteiger partial charge in [0, 0.05) is 65.5 Å². The Kier molecular flexibility index (Phi) is 9.23. The number of hydrogen-bond donors (Lipinski definition) is 2. The predicted octanol–water partition coefficient (Wildman–Crippen LogP) is 13.4. The Balaban J connectivity index is 1.42. The maximum atomic E-state index is 12.0. The molecule has 3 aromatic heterocycles. The van der Waals surface area contributed by atoms with Crippen LogP contribution in [0.4, 0.5) is 0 Å². The Morgan fingerprint density at radius 3 is 1.04 bits per heavy atom. The molecule has 0 aliphatic carbocycles. The molecule has 9 heteroatoms. The van der Waals surface area contributed by atoms with Crippen molar-refractivity contribution in [3.8, 4) is 50.3 Å². The van der Waals surface area contributed by atoms with Gasteiger partial charge in [0.2, 0.25) is 0 Å². The van der Waals surface area contributed by atoms with Gasteiger partial charge in [-0.2, -0.15) is 0 Å². The fourth-order valence-electron chi connectivity index (χ4n) is 7.12. The molecule has 6 nitrogen and oxygen atoms in total. The highest BCUT2D eigenvalue weighted by molar-refractivity contribution is 6.31. The number of carbonyl (C=O) groups excluding carboxylic acids is 1. The first-order valence-corrected chi connectivity index (χ1v) is 18.8. The van der Waals surface area contributed by atoms with Gasteiger partial charge in [-0.3, -0.25) is 0 Å². The fraction of sp³-hybridized carbons (Fsp3) is 0. The summed E-state index contributed by atoms with van der Waals surface area (Å²) < 4.78 is 5.40. The average molecular weight is 788 g/mol. The van der Waals surface area contributed by atoms with Gasteiger partial charge in [-0.15, -0.1) is 0 Å². The summed E-state index contributed by atoms with van der Waals surface area (Å²) >= 11 is 19.1. The summed E-state index contributed by atoms with van der Waals surface area (Å²) in [5.41, 5.74) is 13.7. The summed E-state index contributed by atoms with van der Waals surface area (Å²) in [6.45, 7) is 3.51. The zero-order valence-corrected chi connectivity index (χ0v) is 31.8. The van der Waals surface area contributed by atoms with Crippen molar-refractivity contribution in [1.82, 2.24) is 19.9 Å². The minimum Gasteiger partial charge on any atom is -0.423 e. The molecule has 0 unspecified atom stereocenters. The van der Waals surface area contributed by atoms with Gasteiger partial charge in [0.1, 0.15) is 5.75 Å². The van der Waals surface area contributed by atoms with Gasteiger partial charge < -0.3 is 14.7 Å². The number of nitrogens with zero attached hydrogens (tertiary/aromatic N) is 2. The second-order valence-electron chi connectivity index (χ2n) is 13.2. The Labute approximate surface area is 337 Å². The largest absolute Gasteiger partial charge is 0.423 e. The van der Waals surface area contributed by atoms with Crippen molar-refractivity contribution in [3.63, 3.8) is 0 Å². The molecule has 0 amide bonds. The van der Waals surface area contributed by atoms with Crippen LogP contribution in [-0.2, 0) is 4.79 Å². The third-order valence-corrected chi connectivity index (χ3v) is 10.4. The van der Waals surface area contributed by atoms with Gasteiger partial charge in [0.05, 0.1) is 22.8 Å². The van der Waals surface area contributed by atoms with E-state index in [1.54, 1.807) is 12.1 Å². The molecule has 8 bridgehead atoms. The molecule has 2 N–H and O–H groups in total. The number of carbonyl (C=O) groups is 1. The third kappa shape index (κ3) is 6.75. The van der Waals surface area contributed by atoms with Crippen LogP contribution in [-0.4, -0.2) is 25.9 Å². The SMILES string of the molecule is C=CC(=O)Oc1ccc(-c2c3nc(c(-c4ccc(Cl)cc4)c4ccc([nH]4)c(-c4ccc(Cl)cc4)c4nc(c(-c5ccc(Cl)cc5)c5ccc2[nH]5)C=C4)C=C3)cc1. The molecule has 0 saturated carbocycles. The lowest BCUT2D eigenvalue weighted by atomic mass is 10.0. The molecule has 2 aliphatic rings. The van der Waals surface area contributed by atoms with Crippen molar-refractivity contribution in [2.24, 2.45) is 0 Å². The lowest BCUT2D eigenvalue weighted by molar-refractivity contribution is -0.128. The summed E-state index contributed by atoms with van der Waals surface area (Å²) in [5, 5.41) is 1.92. The van der Waals surface area contributed by atoms with Crippen molar-refractivity contribution < 1.29 is 9.53 Å². The van der Waals surface area contributed by atoms with Gasteiger partial charge in [-0.05, 0) is 119 Å². The van der Waals surface area contributed by atoms with Crippen molar-refractivity contribution >= 4 is 87.1 Å². The maximum absolute atomic E-state index is 12.0. The van der Waals surface area contributed by atoms with E-state index in [2.05, 4.69) is 40.8 Å². The number of ether oxygens (including phenoxy) is 1. The minimum atomic E-state index is -0.531. The fourth-order valence-corrected chi connectivity index (χ4v) is 7.50. The predicted molar refractivity (Wildman–Crippen MR) is 231 cm³/mol. The van der Waals surface area contributed by atoms with Crippen LogP contribution in [0.15, 0.2) is 134 Å². The third-order valence-electron chi connectivity index (χ3n) is 9.68. The zero-order valence-electron chi connectivity index (χ0n) is 29.5. The van der Waals surface area contributed by atoms with Gasteiger partial charge in [-0.1, -0.05) is 89.9 Å². The summed E-state index contributed by atoms with van der Waals surface area (Å²) in [7, 11) is 0. The number of hydrogen-bond acceptors (Lipinski definition) is 4. The number of aromatic amines is 2. The van der Waals surface area contributed by atoms with Gasteiger partial charge in [-0.25, -0.2) is 14.8 Å². The van der Waals surface area contributed by atoms with Crippen molar-refractivity contribution in [3.05, 3.63) is 172 Å². The second kappa shape index (κ2) is 14.7. The van der Waals surface area contributed by atoms with E-state index >= 15 is 0 Å². The standard InChI is InChI=1S/C47H29Cl3N4O2/c1-2-43(55)56-34-17-9-30(10-18-34)47-41-25-23-39(53-41)45(28-5-13-32(49)14-6-28)37-21-19-35(51-37)44(27-3-11-31(48)12-4-27)36-20-22-38(52-36)46(40-24-26-42(47)54-40)29-7-15-33(50)16-8-29/h2-26,51,54H,1H2. The molecule has 2 aliphatic heterocycles. The van der Waals surface area contributed by atoms with Gasteiger partial charge >= 0.3 is 5.97 Å². The quantitative estimate of drug-likeness (QED) is 0.0998. The molecular weight excluding hydrogens is 759 g/mol. The molecule has 56 heavy (non-hydrogen) atoms. The first-order chi connectivity index (χ1) is 27.3. The van der Waals surface area contributed by atoms with E-state index in [-0.39, 0.29) is 0 Å². The highest BCUT2D eigenvalue weighted by Gasteiger charge is 2.19. The highest BCUT2D eigenvalue weighted by atomic mass is 35.5. The van der Waals surface area contributed by atoms with E-state index < -0.39 is 5.97 Å². The minimum absolute atomic E-state index is 0.405. The number of rotatable bonds is 6. The number of benzene rings is 4. The molecule has 0 spiro atoms. The summed E-state index contributed by atoms with van der Waals surface area (Å²) in [5.74, 6) is -0.125. The first kappa shape index (κ1) is 35.3. The molecule has 7 aromatic rings. The van der Waals surface area contributed by atoms with Crippen LogP contribution in [0.3, 0.4) is 0 Å². The second-order valence-corrected chi connectivity index (χ2v) is 14.5. The zero-order chi connectivity index (χ0) is 38.3. The normalized spacial score (nSPS) is 11.8. The summed E-state index contributed by atoms with van der Waals surface area (Å²) in [4.78, 5) is 30.1. The number of esters is 1. The molecule has 0 saturated heterocycles. The number of halogens is 3. The number of nitrogens with one attached hydrogen (secondary N) is 2. The maximum Gasteiger partial charge on any atom is 0.335 e. The molecule has 5 heterocycles. The van der Waals surface area contributed by atoms with Crippen LogP contribution in [0.25, 0.3) is 90.9 Å².